The van der Waals surface area contributed by atoms with Gasteiger partial charge >= 0.3 is 0 Å². The highest BCUT2D eigenvalue weighted by atomic mass is 15.1. The summed E-state index contributed by atoms with van der Waals surface area (Å²) in [6.07, 6.45) is 40.0. The van der Waals surface area contributed by atoms with Crippen molar-refractivity contribution in [3.05, 3.63) is 18.2 Å². The van der Waals surface area contributed by atoms with Gasteiger partial charge in [0.25, 0.3) is 5.82 Å². The monoisotopic (exact) mass is 504 g/mol. The highest BCUT2D eigenvalue weighted by molar-refractivity contribution is 4.87. The lowest BCUT2D eigenvalue weighted by molar-refractivity contribution is -0.727. The van der Waals surface area contributed by atoms with Gasteiger partial charge in [0.05, 0.1) is 12.0 Å². The van der Waals surface area contributed by atoms with Gasteiger partial charge in [-0.15, -0.1) is 0 Å². The van der Waals surface area contributed by atoms with Crippen molar-refractivity contribution in [2.24, 2.45) is 0 Å². The standard InChI is InChI=1S/C34H66N2/c1-5-7-9-11-13-15-16-17-18-19-21-22-24-26-28-32(3)34-35-30-31-36(34)33(4)29-27-25-23-20-14-12-10-8-6-2/h30-33H,5-29H2,1-4H3/p+1. The Kier molecular flexibility index (Phi) is 22.7. The van der Waals surface area contributed by atoms with E-state index in [0.717, 1.165) is 0 Å². The molecule has 0 aliphatic carbocycles. The zero-order valence-electron chi connectivity index (χ0n) is 25.4. The highest BCUT2D eigenvalue weighted by Gasteiger charge is 2.22. The van der Waals surface area contributed by atoms with E-state index >= 15 is 0 Å². The summed E-state index contributed by atoms with van der Waals surface area (Å²) in [4.78, 5) is 3.58. The van der Waals surface area contributed by atoms with Gasteiger partial charge in [-0.3, -0.25) is 0 Å². The number of rotatable bonds is 27. The number of aromatic nitrogens is 2. The second kappa shape index (κ2) is 24.5. The van der Waals surface area contributed by atoms with Crippen LogP contribution in [0.2, 0.25) is 0 Å². The van der Waals surface area contributed by atoms with Crippen molar-refractivity contribution in [1.82, 2.24) is 4.98 Å². The fourth-order valence-electron chi connectivity index (χ4n) is 5.81. The molecule has 0 aliphatic rings. The van der Waals surface area contributed by atoms with E-state index in [9.17, 15) is 0 Å². The predicted molar refractivity (Wildman–Crippen MR) is 161 cm³/mol. The zero-order valence-corrected chi connectivity index (χ0v) is 25.4. The minimum atomic E-state index is 0.620. The average molecular weight is 504 g/mol. The average Bonchev–Trinajstić information content (AvgIpc) is 3.38. The molecule has 36 heavy (non-hydrogen) atoms. The third-order valence-electron chi connectivity index (χ3n) is 8.40. The van der Waals surface area contributed by atoms with E-state index in [1.165, 1.54) is 166 Å². The van der Waals surface area contributed by atoms with E-state index in [-0.39, 0.29) is 0 Å². The van der Waals surface area contributed by atoms with Crippen LogP contribution in [0.4, 0.5) is 0 Å². The smallest absolute Gasteiger partial charge is 0.247 e. The number of H-pyrrole nitrogens is 1. The van der Waals surface area contributed by atoms with Crippen molar-refractivity contribution in [3.8, 4) is 0 Å². The molecule has 2 unspecified atom stereocenters. The summed E-state index contributed by atoms with van der Waals surface area (Å²) in [5.41, 5.74) is 0. The van der Waals surface area contributed by atoms with Crippen LogP contribution in [0.25, 0.3) is 0 Å². The summed E-state index contributed by atoms with van der Waals surface area (Å²) >= 11 is 0. The SMILES string of the molecule is CCCCCCCCCCCCCCCCC(C)c1[nH]cc[n+]1C(C)CCCCCCCCCCC. The Morgan fingerprint density at radius 2 is 0.889 bits per heavy atom. The number of hydrogen-bond donors (Lipinski definition) is 1. The van der Waals surface area contributed by atoms with Crippen molar-refractivity contribution in [2.75, 3.05) is 0 Å². The van der Waals surface area contributed by atoms with Crippen molar-refractivity contribution >= 4 is 0 Å². The topological polar surface area (TPSA) is 19.7 Å². The molecule has 0 saturated heterocycles. The second-order valence-electron chi connectivity index (χ2n) is 12.0. The van der Waals surface area contributed by atoms with Gasteiger partial charge in [0.2, 0.25) is 0 Å². The number of nitrogens with one attached hydrogen (secondary N) is 1. The number of imidazole rings is 1. The molecular formula is C34H67N2+. The minimum Gasteiger partial charge on any atom is -0.247 e. The van der Waals surface area contributed by atoms with Crippen LogP contribution < -0.4 is 4.57 Å². The minimum absolute atomic E-state index is 0.620. The molecular weight excluding hydrogens is 436 g/mol. The molecule has 0 bridgehead atoms. The maximum absolute atomic E-state index is 3.58. The molecule has 0 fully saturated rings. The molecule has 2 heteroatoms. The lowest BCUT2D eigenvalue weighted by Crippen LogP contribution is -2.40. The van der Waals surface area contributed by atoms with Crippen LogP contribution in [-0.2, 0) is 0 Å². The molecule has 0 saturated carbocycles. The van der Waals surface area contributed by atoms with Gasteiger partial charge in [-0.1, -0.05) is 162 Å². The molecule has 0 amide bonds. The summed E-state index contributed by atoms with van der Waals surface area (Å²) in [6, 6.07) is 0.620. The molecule has 0 aromatic carbocycles. The van der Waals surface area contributed by atoms with E-state index in [1.807, 2.05) is 0 Å². The van der Waals surface area contributed by atoms with Gasteiger partial charge in [-0.2, -0.15) is 0 Å². The Labute approximate surface area is 227 Å². The Bertz CT molecular complexity index is 563. The normalized spacial score (nSPS) is 13.3. The van der Waals surface area contributed by atoms with E-state index in [2.05, 4.69) is 49.6 Å². The molecule has 0 radical (unpaired) electrons. The first-order valence-electron chi connectivity index (χ1n) is 16.8. The molecule has 0 aliphatic heterocycles. The first-order chi connectivity index (χ1) is 17.7. The van der Waals surface area contributed by atoms with Crippen molar-refractivity contribution in [1.29, 1.82) is 0 Å². The fraction of sp³-hybridized carbons (Fsp3) is 0.912. The number of nitrogens with zero attached hydrogens (tertiary/aromatic N) is 1. The largest absolute Gasteiger partial charge is 0.257 e. The van der Waals surface area contributed by atoms with Crippen molar-refractivity contribution in [3.63, 3.8) is 0 Å². The van der Waals surface area contributed by atoms with Gasteiger partial charge in [0, 0.05) is 0 Å². The molecule has 212 valence electrons. The number of unbranched alkanes of at least 4 members (excludes halogenated alkanes) is 21. The summed E-state index contributed by atoms with van der Waals surface area (Å²) in [7, 11) is 0. The molecule has 0 spiro atoms. The van der Waals surface area contributed by atoms with Crippen LogP contribution in [0.15, 0.2) is 12.4 Å². The molecule has 2 nitrogen and oxygen atoms in total. The van der Waals surface area contributed by atoms with Gasteiger partial charge in [0.1, 0.15) is 12.4 Å². The van der Waals surface area contributed by atoms with Gasteiger partial charge in [-0.05, 0) is 26.2 Å². The van der Waals surface area contributed by atoms with E-state index in [4.69, 9.17) is 0 Å². The van der Waals surface area contributed by atoms with Crippen LogP contribution >= 0.6 is 0 Å². The Morgan fingerprint density at radius 1 is 0.528 bits per heavy atom. The quantitative estimate of drug-likeness (QED) is 0.0909. The maximum Gasteiger partial charge on any atom is 0.257 e. The van der Waals surface area contributed by atoms with Gasteiger partial charge < -0.3 is 0 Å². The molecule has 1 aromatic rings. The molecule has 2 atom stereocenters. The number of hydrogen-bond acceptors (Lipinski definition) is 0. The van der Waals surface area contributed by atoms with Crippen LogP contribution in [0, 0.1) is 0 Å². The highest BCUT2D eigenvalue weighted by Crippen LogP contribution is 2.21. The van der Waals surface area contributed by atoms with Crippen LogP contribution in [-0.4, -0.2) is 4.98 Å². The molecule has 1 rings (SSSR count). The third-order valence-corrected chi connectivity index (χ3v) is 8.40. The lowest BCUT2D eigenvalue weighted by Gasteiger charge is -2.14. The second-order valence-corrected chi connectivity index (χ2v) is 12.0. The number of aromatic amines is 1. The Morgan fingerprint density at radius 3 is 1.31 bits per heavy atom. The van der Waals surface area contributed by atoms with Crippen molar-refractivity contribution in [2.45, 2.75) is 200 Å². The summed E-state index contributed by atoms with van der Waals surface area (Å²) in [5.74, 6) is 2.09. The summed E-state index contributed by atoms with van der Waals surface area (Å²) in [6.45, 7) is 9.45. The van der Waals surface area contributed by atoms with Crippen molar-refractivity contribution < 1.29 is 4.57 Å². The van der Waals surface area contributed by atoms with Crippen LogP contribution in [0.5, 0.6) is 0 Å². The molecule has 1 heterocycles. The van der Waals surface area contributed by atoms with Gasteiger partial charge in [0.15, 0.2) is 0 Å². The van der Waals surface area contributed by atoms with Crippen LogP contribution in [0.3, 0.4) is 0 Å². The van der Waals surface area contributed by atoms with Crippen LogP contribution in [0.1, 0.15) is 206 Å². The van der Waals surface area contributed by atoms with E-state index in [1.54, 1.807) is 0 Å². The fourth-order valence-corrected chi connectivity index (χ4v) is 5.81. The molecule has 1 aromatic heterocycles. The zero-order chi connectivity index (χ0) is 26.1. The first kappa shape index (κ1) is 33.2. The molecule has 1 N–H and O–H groups in total. The third kappa shape index (κ3) is 17.6. The summed E-state index contributed by atoms with van der Waals surface area (Å²) in [5, 5.41) is 0. The first-order valence-corrected chi connectivity index (χ1v) is 16.8. The Balaban J connectivity index is 2.03. The van der Waals surface area contributed by atoms with E-state index in [0.29, 0.717) is 12.0 Å². The predicted octanol–water partition coefficient (Wildman–Crippen LogP) is 11.8. The maximum atomic E-state index is 3.58. The lowest BCUT2D eigenvalue weighted by atomic mass is 9.99. The summed E-state index contributed by atoms with van der Waals surface area (Å²) < 4.78 is 2.54. The van der Waals surface area contributed by atoms with Gasteiger partial charge in [-0.25, -0.2) is 9.55 Å². The Hall–Kier alpha value is -0.790. The van der Waals surface area contributed by atoms with E-state index < -0.39 is 0 Å².